The number of nitrogens with one attached hydrogen (secondary N) is 1. The van der Waals surface area contributed by atoms with Gasteiger partial charge in [-0.25, -0.2) is 0 Å². The highest BCUT2D eigenvalue weighted by molar-refractivity contribution is 7.99. The van der Waals surface area contributed by atoms with Gasteiger partial charge in [0, 0.05) is 24.6 Å². The minimum absolute atomic E-state index is 0.168. The molecule has 29 heavy (non-hydrogen) atoms. The molecular weight excluding hydrogens is 392 g/mol. The SMILES string of the molecule is COCc1nnc(SCC(=O)Nc2ccc(OC)c(OC)c2)n1-c1ccccc1. The third-order valence-corrected chi connectivity index (χ3v) is 4.92. The molecule has 3 rings (SSSR count). The summed E-state index contributed by atoms with van der Waals surface area (Å²) < 4.78 is 17.6. The van der Waals surface area contributed by atoms with Crippen molar-refractivity contribution < 1.29 is 19.0 Å². The van der Waals surface area contributed by atoms with Gasteiger partial charge in [0.15, 0.2) is 22.5 Å². The summed E-state index contributed by atoms with van der Waals surface area (Å²) >= 11 is 1.30. The number of rotatable bonds is 9. The van der Waals surface area contributed by atoms with E-state index in [0.29, 0.717) is 34.8 Å². The van der Waals surface area contributed by atoms with E-state index in [-0.39, 0.29) is 11.7 Å². The first-order valence-electron chi connectivity index (χ1n) is 8.79. The number of amides is 1. The minimum atomic E-state index is -0.168. The summed E-state index contributed by atoms with van der Waals surface area (Å²) in [7, 11) is 4.72. The van der Waals surface area contributed by atoms with Crippen molar-refractivity contribution >= 4 is 23.4 Å². The quantitative estimate of drug-likeness (QED) is 0.538. The molecule has 0 saturated heterocycles. The van der Waals surface area contributed by atoms with Gasteiger partial charge in [-0.15, -0.1) is 10.2 Å². The van der Waals surface area contributed by atoms with Gasteiger partial charge in [0.1, 0.15) is 6.61 Å². The molecule has 0 aliphatic carbocycles. The van der Waals surface area contributed by atoms with Crippen molar-refractivity contribution in [3.8, 4) is 17.2 Å². The van der Waals surface area contributed by atoms with Gasteiger partial charge in [0.05, 0.1) is 20.0 Å². The van der Waals surface area contributed by atoms with Gasteiger partial charge in [0.25, 0.3) is 0 Å². The van der Waals surface area contributed by atoms with Crippen molar-refractivity contribution in [3.63, 3.8) is 0 Å². The Kier molecular flexibility index (Phi) is 7.09. The lowest BCUT2D eigenvalue weighted by Crippen LogP contribution is -2.15. The number of nitrogens with zero attached hydrogens (tertiary/aromatic N) is 3. The molecule has 1 N–H and O–H groups in total. The van der Waals surface area contributed by atoms with Crippen LogP contribution in [0, 0.1) is 0 Å². The van der Waals surface area contributed by atoms with Crippen molar-refractivity contribution in [3.05, 3.63) is 54.4 Å². The van der Waals surface area contributed by atoms with E-state index in [4.69, 9.17) is 14.2 Å². The molecule has 0 aliphatic rings. The Labute approximate surface area is 173 Å². The number of anilines is 1. The number of ether oxygens (including phenoxy) is 3. The minimum Gasteiger partial charge on any atom is -0.493 e. The van der Waals surface area contributed by atoms with Crippen molar-refractivity contribution in [2.45, 2.75) is 11.8 Å². The topological polar surface area (TPSA) is 87.5 Å². The van der Waals surface area contributed by atoms with Crippen LogP contribution in [0.3, 0.4) is 0 Å². The Morgan fingerprint density at radius 1 is 1.03 bits per heavy atom. The normalized spacial score (nSPS) is 10.6. The van der Waals surface area contributed by atoms with E-state index >= 15 is 0 Å². The van der Waals surface area contributed by atoms with Crippen molar-refractivity contribution in [2.24, 2.45) is 0 Å². The van der Waals surface area contributed by atoms with Crippen LogP contribution in [0.4, 0.5) is 5.69 Å². The standard InChI is InChI=1S/C20H22N4O4S/c1-26-12-18-22-23-20(24(18)15-7-5-4-6-8-15)29-13-19(25)21-14-9-10-16(27-2)17(11-14)28-3/h4-11H,12-13H2,1-3H3,(H,21,25). The summed E-state index contributed by atoms with van der Waals surface area (Å²) in [5.74, 6) is 1.82. The second-order valence-corrected chi connectivity index (χ2v) is 6.85. The van der Waals surface area contributed by atoms with Gasteiger partial charge in [-0.05, 0) is 24.3 Å². The first-order chi connectivity index (χ1) is 14.2. The molecule has 0 atom stereocenters. The Bertz CT molecular complexity index is 962. The van der Waals surface area contributed by atoms with Crippen LogP contribution in [0.1, 0.15) is 5.82 Å². The summed E-state index contributed by atoms with van der Waals surface area (Å²) in [6.45, 7) is 0.320. The van der Waals surface area contributed by atoms with Crippen LogP contribution in [-0.2, 0) is 16.1 Å². The summed E-state index contributed by atoms with van der Waals surface area (Å²) in [5, 5.41) is 11.9. The summed E-state index contributed by atoms with van der Waals surface area (Å²) in [6, 6.07) is 14.9. The van der Waals surface area contributed by atoms with Crippen molar-refractivity contribution in [1.29, 1.82) is 0 Å². The molecule has 0 aliphatic heterocycles. The Morgan fingerprint density at radius 2 is 1.79 bits per heavy atom. The zero-order chi connectivity index (χ0) is 20.6. The average Bonchev–Trinajstić information content (AvgIpc) is 3.15. The largest absolute Gasteiger partial charge is 0.493 e. The molecule has 0 radical (unpaired) electrons. The number of para-hydroxylation sites is 1. The fourth-order valence-electron chi connectivity index (χ4n) is 2.69. The molecule has 3 aromatic rings. The Hall–Kier alpha value is -3.04. The van der Waals surface area contributed by atoms with E-state index in [1.54, 1.807) is 39.5 Å². The van der Waals surface area contributed by atoms with Gasteiger partial charge < -0.3 is 19.5 Å². The third-order valence-electron chi connectivity index (χ3n) is 3.99. The predicted molar refractivity (Wildman–Crippen MR) is 111 cm³/mol. The monoisotopic (exact) mass is 414 g/mol. The second kappa shape index (κ2) is 9.94. The van der Waals surface area contributed by atoms with Gasteiger partial charge in [-0.3, -0.25) is 9.36 Å². The molecule has 2 aromatic carbocycles. The zero-order valence-electron chi connectivity index (χ0n) is 16.4. The lowest BCUT2D eigenvalue weighted by atomic mass is 10.2. The molecule has 9 heteroatoms. The number of thioether (sulfide) groups is 1. The van der Waals surface area contributed by atoms with E-state index in [2.05, 4.69) is 15.5 Å². The fourth-order valence-corrected chi connectivity index (χ4v) is 3.46. The second-order valence-electron chi connectivity index (χ2n) is 5.91. The molecule has 1 aromatic heterocycles. The lowest BCUT2D eigenvalue weighted by Gasteiger charge is -2.11. The smallest absolute Gasteiger partial charge is 0.234 e. The zero-order valence-corrected chi connectivity index (χ0v) is 17.2. The van der Waals surface area contributed by atoms with Crippen LogP contribution in [0.15, 0.2) is 53.7 Å². The van der Waals surface area contributed by atoms with Crippen molar-refractivity contribution in [1.82, 2.24) is 14.8 Å². The number of carbonyl (C=O) groups is 1. The number of carbonyl (C=O) groups excluding carboxylic acids is 1. The molecule has 0 spiro atoms. The van der Waals surface area contributed by atoms with Gasteiger partial charge >= 0.3 is 0 Å². The van der Waals surface area contributed by atoms with Gasteiger partial charge in [-0.2, -0.15) is 0 Å². The average molecular weight is 414 g/mol. The number of aromatic nitrogens is 3. The first-order valence-corrected chi connectivity index (χ1v) is 9.78. The molecular formula is C20H22N4O4S. The van der Waals surface area contributed by atoms with E-state index in [9.17, 15) is 4.79 Å². The van der Waals surface area contributed by atoms with Gasteiger partial charge in [-0.1, -0.05) is 30.0 Å². The number of benzene rings is 2. The summed E-state index contributed by atoms with van der Waals surface area (Å²) in [4.78, 5) is 12.4. The maximum Gasteiger partial charge on any atom is 0.234 e. The Morgan fingerprint density at radius 3 is 2.48 bits per heavy atom. The number of hydrogen-bond donors (Lipinski definition) is 1. The van der Waals surface area contributed by atoms with E-state index in [1.807, 2.05) is 34.9 Å². The molecule has 152 valence electrons. The number of methoxy groups -OCH3 is 3. The first kappa shape index (κ1) is 20.7. The van der Waals surface area contributed by atoms with Crippen LogP contribution in [-0.4, -0.2) is 47.8 Å². The molecule has 1 amide bonds. The fraction of sp³-hybridized carbons (Fsp3) is 0.250. The maximum atomic E-state index is 12.4. The molecule has 0 saturated carbocycles. The molecule has 0 unspecified atom stereocenters. The van der Waals surface area contributed by atoms with E-state index < -0.39 is 0 Å². The van der Waals surface area contributed by atoms with E-state index in [0.717, 1.165) is 5.69 Å². The highest BCUT2D eigenvalue weighted by atomic mass is 32.2. The van der Waals surface area contributed by atoms with Crippen LogP contribution in [0.2, 0.25) is 0 Å². The number of hydrogen-bond acceptors (Lipinski definition) is 7. The summed E-state index contributed by atoms with van der Waals surface area (Å²) in [5.41, 5.74) is 1.53. The molecule has 0 fully saturated rings. The van der Waals surface area contributed by atoms with Crippen LogP contribution >= 0.6 is 11.8 Å². The van der Waals surface area contributed by atoms with Gasteiger partial charge in [0.2, 0.25) is 5.91 Å². The summed E-state index contributed by atoms with van der Waals surface area (Å²) in [6.07, 6.45) is 0. The van der Waals surface area contributed by atoms with E-state index in [1.165, 1.54) is 11.8 Å². The highest BCUT2D eigenvalue weighted by Crippen LogP contribution is 2.30. The molecule has 1 heterocycles. The van der Waals surface area contributed by atoms with Crippen LogP contribution in [0.25, 0.3) is 5.69 Å². The third kappa shape index (κ3) is 5.07. The molecule has 0 bridgehead atoms. The maximum absolute atomic E-state index is 12.4. The molecule has 8 nitrogen and oxygen atoms in total. The predicted octanol–water partition coefficient (Wildman–Crippen LogP) is 3.16. The van der Waals surface area contributed by atoms with Crippen LogP contribution < -0.4 is 14.8 Å². The van der Waals surface area contributed by atoms with Crippen LogP contribution in [0.5, 0.6) is 11.5 Å². The highest BCUT2D eigenvalue weighted by Gasteiger charge is 2.16. The lowest BCUT2D eigenvalue weighted by molar-refractivity contribution is -0.113. The van der Waals surface area contributed by atoms with Crippen molar-refractivity contribution in [2.75, 3.05) is 32.4 Å². The Balaban J connectivity index is 1.71.